The van der Waals surface area contributed by atoms with Crippen molar-refractivity contribution in [2.75, 3.05) is 0 Å². The van der Waals surface area contributed by atoms with E-state index in [2.05, 4.69) is 54.6 Å². The Morgan fingerprint density at radius 2 is 1.53 bits per heavy atom. The summed E-state index contributed by atoms with van der Waals surface area (Å²) < 4.78 is 1.91. The highest BCUT2D eigenvalue weighted by atomic mass is 16.1. The maximum Gasteiger partial charge on any atom is 0.257 e. The molecule has 0 amide bonds. The van der Waals surface area contributed by atoms with Gasteiger partial charge in [0.2, 0.25) is 0 Å². The maximum absolute atomic E-state index is 13.9. The summed E-state index contributed by atoms with van der Waals surface area (Å²) in [5.41, 5.74) is 8.45. The highest BCUT2D eigenvalue weighted by Gasteiger charge is 2.30. The van der Waals surface area contributed by atoms with Crippen LogP contribution >= 0.6 is 0 Å². The fourth-order valence-electron chi connectivity index (χ4n) is 5.76. The molecule has 6 rings (SSSR count). The third-order valence-electron chi connectivity index (χ3n) is 7.46. The van der Waals surface area contributed by atoms with E-state index in [1.165, 1.54) is 16.7 Å². The monoisotopic (exact) mass is 444 g/mol. The minimum Gasteiger partial charge on any atom is -0.285 e. The Bertz CT molecular complexity index is 1390. The largest absolute Gasteiger partial charge is 0.285 e. The van der Waals surface area contributed by atoms with Gasteiger partial charge in [-0.25, -0.2) is 4.98 Å². The lowest BCUT2D eigenvalue weighted by Crippen LogP contribution is -2.35. The zero-order valence-electron chi connectivity index (χ0n) is 19.4. The molecule has 1 unspecified atom stereocenters. The van der Waals surface area contributed by atoms with Crippen LogP contribution in [0.5, 0.6) is 0 Å². The van der Waals surface area contributed by atoms with Crippen LogP contribution in [0.25, 0.3) is 6.08 Å². The van der Waals surface area contributed by atoms with Crippen molar-refractivity contribution in [2.24, 2.45) is 5.92 Å². The molecule has 0 aliphatic heterocycles. The first-order valence-electron chi connectivity index (χ1n) is 12.2. The third kappa shape index (κ3) is 3.62. The van der Waals surface area contributed by atoms with E-state index in [4.69, 9.17) is 4.98 Å². The first-order valence-corrected chi connectivity index (χ1v) is 12.2. The molecule has 0 fully saturated rings. The van der Waals surface area contributed by atoms with E-state index in [-0.39, 0.29) is 11.6 Å². The smallest absolute Gasteiger partial charge is 0.257 e. The predicted octanol–water partition coefficient (Wildman–Crippen LogP) is 5.93. The van der Waals surface area contributed by atoms with Crippen molar-refractivity contribution < 1.29 is 0 Å². The van der Waals surface area contributed by atoms with Gasteiger partial charge >= 0.3 is 0 Å². The second kappa shape index (κ2) is 8.57. The molecule has 1 aromatic heterocycles. The molecule has 1 atom stereocenters. The fourth-order valence-corrected chi connectivity index (χ4v) is 5.76. The fraction of sp³-hybridized carbons (Fsp3) is 0.226. The molecule has 2 aliphatic rings. The Morgan fingerprint density at radius 1 is 0.882 bits per heavy atom. The average Bonchev–Trinajstić information content (AvgIpc) is 3.32. The number of aromatic nitrogens is 2. The summed E-state index contributed by atoms with van der Waals surface area (Å²) in [5, 5.41) is 0. The van der Waals surface area contributed by atoms with Gasteiger partial charge in [0.05, 0.1) is 11.7 Å². The molecule has 34 heavy (non-hydrogen) atoms. The van der Waals surface area contributed by atoms with Gasteiger partial charge in [0.25, 0.3) is 5.56 Å². The standard InChI is InChI=1S/C31H28N2O/c1-21-32-29-20-26(27-18-24-14-8-9-15-25(24)19-27)16-17-28(29)31(34)33(21)30(22-10-4-2-5-11-22)23-12-6-3-7-13-23/h2-15,18,26,30H,16-17,19-20H2,1H3. The van der Waals surface area contributed by atoms with Crippen LogP contribution < -0.4 is 5.56 Å². The van der Waals surface area contributed by atoms with E-state index in [1.807, 2.05) is 47.9 Å². The molecular weight excluding hydrogens is 416 g/mol. The van der Waals surface area contributed by atoms with E-state index in [0.717, 1.165) is 53.9 Å². The summed E-state index contributed by atoms with van der Waals surface area (Å²) in [5.74, 6) is 1.24. The van der Waals surface area contributed by atoms with Gasteiger partial charge in [-0.15, -0.1) is 0 Å². The summed E-state index contributed by atoms with van der Waals surface area (Å²) in [6, 6.07) is 29.1. The molecule has 1 heterocycles. The van der Waals surface area contributed by atoms with Gasteiger partial charge in [0.1, 0.15) is 5.82 Å². The van der Waals surface area contributed by atoms with E-state index in [9.17, 15) is 4.79 Å². The molecule has 3 aromatic carbocycles. The normalized spacial score (nSPS) is 16.8. The van der Waals surface area contributed by atoms with Crippen LogP contribution in [0.4, 0.5) is 0 Å². The van der Waals surface area contributed by atoms with Crippen molar-refractivity contribution >= 4 is 6.08 Å². The zero-order chi connectivity index (χ0) is 23.1. The van der Waals surface area contributed by atoms with Crippen LogP contribution in [0, 0.1) is 12.8 Å². The average molecular weight is 445 g/mol. The number of allylic oxidation sites excluding steroid dienone is 1. The molecule has 3 heteroatoms. The van der Waals surface area contributed by atoms with Crippen molar-refractivity contribution in [1.29, 1.82) is 0 Å². The lowest BCUT2D eigenvalue weighted by molar-refractivity contribution is 0.490. The number of fused-ring (bicyclic) bond motifs is 2. The Hall–Kier alpha value is -3.72. The number of hydrogen-bond acceptors (Lipinski definition) is 2. The van der Waals surface area contributed by atoms with Gasteiger partial charge in [0, 0.05) is 5.56 Å². The van der Waals surface area contributed by atoms with E-state index < -0.39 is 0 Å². The van der Waals surface area contributed by atoms with Crippen LogP contribution in [0.15, 0.2) is 95.3 Å². The molecular formula is C31H28N2O. The third-order valence-corrected chi connectivity index (χ3v) is 7.46. The van der Waals surface area contributed by atoms with E-state index in [0.29, 0.717) is 5.92 Å². The molecule has 0 N–H and O–H groups in total. The van der Waals surface area contributed by atoms with Crippen molar-refractivity contribution in [3.8, 4) is 0 Å². The molecule has 0 radical (unpaired) electrons. The minimum atomic E-state index is -0.183. The summed E-state index contributed by atoms with van der Waals surface area (Å²) in [7, 11) is 0. The molecule has 0 spiro atoms. The second-order valence-electron chi connectivity index (χ2n) is 9.52. The lowest BCUT2D eigenvalue weighted by Gasteiger charge is -2.29. The molecule has 2 aliphatic carbocycles. The van der Waals surface area contributed by atoms with Crippen molar-refractivity contribution in [1.82, 2.24) is 9.55 Å². The summed E-state index contributed by atoms with van der Waals surface area (Å²) >= 11 is 0. The number of rotatable bonds is 4. The Balaban J connectivity index is 1.39. The molecule has 0 saturated carbocycles. The predicted molar refractivity (Wildman–Crippen MR) is 137 cm³/mol. The highest BCUT2D eigenvalue weighted by molar-refractivity contribution is 5.64. The van der Waals surface area contributed by atoms with Crippen LogP contribution in [0.1, 0.15) is 51.8 Å². The summed E-state index contributed by atoms with van der Waals surface area (Å²) in [6.07, 6.45) is 6.04. The quantitative estimate of drug-likeness (QED) is 0.391. The summed E-state index contributed by atoms with van der Waals surface area (Å²) in [6.45, 7) is 1.98. The first-order chi connectivity index (χ1) is 16.7. The summed E-state index contributed by atoms with van der Waals surface area (Å²) in [4.78, 5) is 19.0. The van der Waals surface area contributed by atoms with Crippen LogP contribution in [-0.2, 0) is 19.3 Å². The number of hydrogen-bond donors (Lipinski definition) is 0. The minimum absolute atomic E-state index is 0.113. The topological polar surface area (TPSA) is 34.9 Å². The van der Waals surface area contributed by atoms with Crippen LogP contribution in [0.2, 0.25) is 0 Å². The number of aryl methyl sites for hydroxylation is 1. The van der Waals surface area contributed by atoms with Crippen molar-refractivity contribution in [2.45, 2.75) is 38.6 Å². The lowest BCUT2D eigenvalue weighted by atomic mass is 9.81. The molecule has 0 saturated heterocycles. The molecule has 4 aromatic rings. The Kier molecular flexibility index (Phi) is 5.26. The van der Waals surface area contributed by atoms with E-state index >= 15 is 0 Å². The number of benzene rings is 3. The number of nitrogens with zero attached hydrogens (tertiary/aromatic N) is 2. The van der Waals surface area contributed by atoms with Gasteiger partial charge in [0.15, 0.2) is 0 Å². The Morgan fingerprint density at radius 3 is 2.21 bits per heavy atom. The van der Waals surface area contributed by atoms with Crippen LogP contribution in [0.3, 0.4) is 0 Å². The first kappa shape index (κ1) is 20.9. The molecule has 168 valence electrons. The van der Waals surface area contributed by atoms with Gasteiger partial charge < -0.3 is 0 Å². The maximum atomic E-state index is 13.9. The van der Waals surface area contributed by atoms with Crippen LogP contribution in [-0.4, -0.2) is 9.55 Å². The van der Waals surface area contributed by atoms with Gasteiger partial charge in [-0.3, -0.25) is 9.36 Å². The van der Waals surface area contributed by atoms with Gasteiger partial charge in [-0.1, -0.05) is 96.6 Å². The highest BCUT2D eigenvalue weighted by Crippen LogP contribution is 2.36. The van der Waals surface area contributed by atoms with Crippen molar-refractivity contribution in [3.05, 3.63) is 140 Å². The molecule has 0 bridgehead atoms. The van der Waals surface area contributed by atoms with Gasteiger partial charge in [-0.2, -0.15) is 0 Å². The second-order valence-corrected chi connectivity index (χ2v) is 9.52. The van der Waals surface area contributed by atoms with Crippen molar-refractivity contribution in [3.63, 3.8) is 0 Å². The zero-order valence-corrected chi connectivity index (χ0v) is 19.4. The SMILES string of the molecule is Cc1nc2c(c(=O)n1C(c1ccccc1)c1ccccc1)CCC(C1=Cc3ccccc3C1)C2. The van der Waals surface area contributed by atoms with E-state index in [1.54, 1.807) is 0 Å². The van der Waals surface area contributed by atoms with Gasteiger partial charge in [-0.05, 0) is 60.8 Å². The molecule has 3 nitrogen and oxygen atoms in total. The Labute approximate surface area is 200 Å².